The first kappa shape index (κ1) is 17.6. The normalized spacial score (nSPS) is 12.6. The minimum atomic E-state index is 0.143. The Hall–Kier alpha value is -1.36. The van der Waals surface area contributed by atoms with Crippen LogP contribution >= 0.6 is 0 Å². The molecule has 1 N–H and O–H groups in total. The molecule has 0 bridgehead atoms. The number of Topliss-reactive ketones (excluding diaryl/α,β-unsaturated/α-hetero) is 2. The number of rotatable bonds is 10. The van der Waals surface area contributed by atoms with E-state index in [-0.39, 0.29) is 11.6 Å². The highest BCUT2D eigenvalue weighted by atomic mass is 16.1. The summed E-state index contributed by atoms with van der Waals surface area (Å²) >= 11 is 0. The van der Waals surface area contributed by atoms with Crippen LogP contribution < -0.4 is 5.32 Å². The van der Waals surface area contributed by atoms with Gasteiger partial charge in [-0.2, -0.15) is 0 Å². The Balaban J connectivity index is 3.60. The number of nitrogens with one attached hydrogen (secondary N) is 1. The highest BCUT2D eigenvalue weighted by Gasteiger charge is 1.97. The van der Waals surface area contributed by atoms with Gasteiger partial charge < -0.3 is 5.32 Å². The van der Waals surface area contributed by atoms with Gasteiger partial charge in [0, 0.05) is 37.4 Å². The smallest absolute Gasteiger partial charge is 0.135 e. The molecule has 0 aromatic heterocycles. The van der Waals surface area contributed by atoms with Gasteiger partial charge in [0.1, 0.15) is 11.6 Å². The number of aliphatic imine (C=N–C) groups is 2. The molecule has 19 heavy (non-hydrogen) atoms. The van der Waals surface area contributed by atoms with E-state index in [4.69, 9.17) is 0 Å². The molecule has 0 aliphatic rings. The van der Waals surface area contributed by atoms with Gasteiger partial charge >= 0.3 is 0 Å². The van der Waals surface area contributed by atoms with Gasteiger partial charge in [-0.05, 0) is 27.7 Å². The number of hydrogen-bond donors (Lipinski definition) is 1. The van der Waals surface area contributed by atoms with Gasteiger partial charge in [0.25, 0.3) is 0 Å². The quantitative estimate of drug-likeness (QED) is 0.481. The maximum atomic E-state index is 10.8. The topological polar surface area (TPSA) is 70.9 Å². The first-order valence-electron chi connectivity index (χ1n) is 6.61. The van der Waals surface area contributed by atoms with Gasteiger partial charge in [0.15, 0.2) is 0 Å². The van der Waals surface area contributed by atoms with Crippen molar-refractivity contribution in [3.05, 3.63) is 0 Å². The van der Waals surface area contributed by atoms with Crippen molar-refractivity contribution in [2.75, 3.05) is 26.2 Å². The van der Waals surface area contributed by atoms with Gasteiger partial charge in [0.05, 0.1) is 13.1 Å². The summed E-state index contributed by atoms with van der Waals surface area (Å²) < 4.78 is 0. The SMILES string of the molecule is CC(=O)CC(C)=NCCNCCN=C(C)CC(C)=O. The Labute approximate surface area is 115 Å². The van der Waals surface area contributed by atoms with Crippen LogP contribution in [0.25, 0.3) is 0 Å². The second kappa shape index (κ2) is 10.6. The zero-order chi connectivity index (χ0) is 14.7. The minimum absolute atomic E-state index is 0.143. The van der Waals surface area contributed by atoms with Crippen molar-refractivity contribution in [2.24, 2.45) is 9.98 Å². The Morgan fingerprint density at radius 1 is 0.789 bits per heavy atom. The van der Waals surface area contributed by atoms with Crippen LogP contribution in [0.4, 0.5) is 0 Å². The van der Waals surface area contributed by atoms with Gasteiger partial charge in [-0.1, -0.05) is 0 Å². The Morgan fingerprint density at radius 3 is 1.47 bits per heavy atom. The van der Waals surface area contributed by atoms with E-state index in [0.717, 1.165) is 24.5 Å². The lowest BCUT2D eigenvalue weighted by Gasteiger charge is -2.02. The summed E-state index contributed by atoms with van der Waals surface area (Å²) in [5.74, 6) is 0.286. The molecule has 0 rings (SSSR count). The third kappa shape index (κ3) is 12.9. The molecule has 0 aliphatic carbocycles. The molecule has 0 atom stereocenters. The number of hydrogen-bond acceptors (Lipinski definition) is 5. The molecule has 0 amide bonds. The number of carbonyl (C=O) groups excluding carboxylic acids is 2. The Bertz CT molecular complexity index is 326. The van der Waals surface area contributed by atoms with E-state index in [9.17, 15) is 9.59 Å². The van der Waals surface area contributed by atoms with E-state index in [1.165, 1.54) is 0 Å². The van der Waals surface area contributed by atoms with Crippen molar-refractivity contribution in [1.82, 2.24) is 5.32 Å². The zero-order valence-corrected chi connectivity index (χ0v) is 12.5. The molecule has 0 unspecified atom stereocenters. The molecule has 5 heteroatoms. The third-order valence-electron chi connectivity index (χ3n) is 2.35. The maximum absolute atomic E-state index is 10.8. The molecule has 0 aromatic carbocycles. The van der Waals surface area contributed by atoms with Crippen LogP contribution in [0, 0.1) is 0 Å². The van der Waals surface area contributed by atoms with Crippen LogP contribution in [0.5, 0.6) is 0 Å². The molecule has 0 aromatic rings. The fourth-order valence-corrected chi connectivity index (χ4v) is 1.61. The summed E-state index contributed by atoms with van der Waals surface area (Å²) in [6.07, 6.45) is 0.878. The van der Waals surface area contributed by atoms with E-state index >= 15 is 0 Å². The predicted octanol–water partition coefficient (Wildman–Crippen LogP) is 1.46. The summed E-state index contributed by atoms with van der Waals surface area (Å²) in [4.78, 5) is 30.2. The van der Waals surface area contributed by atoms with Gasteiger partial charge in [-0.25, -0.2) is 0 Å². The summed E-state index contributed by atoms with van der Waals surface area (Å²) in [5.41, 5.74) is 1.76. The lowest BCUT2D eigenvalue weighted by molar-refractivity contribution is -0.116. The predicted molar refractivity (Wildman–Crippen MR) is 79.4 cm³/mol. The average Bonchev–Trinajstić information content (AvgIpc) is 2.25. The summed E-state index contributed by atoms with van der Waals surface area (Å²) in [6.45, 7) is 9.78. The van der Waals surface area contributed by atoms with E-state index in [2.05, 4.69) is 15.3 Å². The molecule has 0 spiro atoms. The molecule has 0 heterocycles. The molecule has 108 valence electrons. The lowest BCUT2D eigenvalue weighted by Crippen LogP contribution is -2.21. The second-order valence-corrected chi connectivity index (χ2v) is 4.74. The molecule has 5 nitrogen and oxygen atoms in total. The second-order valence-electron chi connectivity index (χ2n) is 4.74. The average molecular weight is 267 g/mol. The van der Waals surface area contributed by atoms with Crippen LogP contribution in [-0.2, 0) is 9.59 Å². The van der Waals surface area contributed by atoms with E-state index < -0.39 is 0 Å². The first-order chi connectivity index (χ1) is 8.91. The van der Waals surface area contributed by atoms with Crippen molar-refractivity contribution >= 4 is 23.0 Å². The van der Waals surface area contributed by atoms with Crippen molar-refractivity contribution in [2.45, 2.75) is 40.5 Å². The van der Waals surface area contributed by atoms with Crippen LogP contribution in [0.3, 0.4) is 0 Å². The van der Waals surface area contributed by atoms with Crippen molar-refractivity contribution < 1.29 is 9.59 Å². The molecule has 0 radical (unpaired) electrons. The van der Waals surface area contributed by atoms with Crippen molar-refractivity contribution in [1.29, 1.82) is 0 Å². The maximum Gasteiger partial charge on any atom is 0.135 e. The highest BCUT2D eigenvalue weighted by molar-refractivity contribution is 6.00. The van der Waals surface area contributed by atoms with Gasteiger partial charge in [-0.3, -0.25) is 19.6 Å². The number of nitrogens with zero attached hydrogens (tertiary/aromatic N) is 2. The summed E-state index contributed by atoms with van der Waals surface area (Å²) in [5, 5.41) is 3.22. The third-order valence-corrected chi connectivity index (χ3v) is 2.35. The van der Waals surface area contributed by atoms with Crippen LogP contribution in [0.2, 0.25) is 0 Å². The van der Waals surface area contributed by atoms with Crippen molar-refractivity contribution in [3.63, 3.8) is 0 Å². The lowest BCUT2D eigenvalue weighted by atomic mass is 10.2. The first-order valence-corrected chi connectivity index (χ1v) is 6.61. The van der Waals surface area contributed by atoms with Gasteiger partial charge in [-0.15, -0.1) is 0 Å². The van der Waals surface area contributed by atoms with E-state index in [1.54, 1.807) is 13.8 Å². The van der Waals surface area contributed by atoms with E-state index in [0.29, 0.717) is 25.9 Å². The number of ketones is 2. The highest BCUT2D eigenvalue weighted by Crippen LogP contribution is 1.89. The standard InChI is InChI=1S/C14H25N3O2/c1-11(9-13(3)18)16-7-5-15-6-8-17-12(2)10-14(4)19/h15H,5-10H2,1-4H3. The molecular formula is C14H25N3O2. The van der Waals surface area contributed by atoms with Crippen LogP contribution in [-0.4, -0.2) is 49.2 Å². The van der Waals surface area contributed by atoms with Gasteiger partial charge in [0.2, 0.25) is 0 Å². The van der Waals surface area contributed by atoms with Crippen molar-refractivity contribution in [3.8, 4) is 0 Å². The molecular weight excluding hydrogens is 242 g/mol. The molecule has 0 fully saturated rings. The monoisotopic (exact) mass is 267 g/mol. The number of carbonyl (C=O) groups is 2. The van der Waals surface area contributed by atoms with E-state index in [1.807, 2.05) is 13.8 Å². The molecule has 0 saturated carbocycles. The van der Waals surface area contributed by atoms with Crippen LogP contribution in [0.15, 0.2) is 9.98 Å². The minimum Gasteiger partial charge on any atom is -0.313 e. The fourth-order valence-electron chi connectivity index (χ4n) is 1.61. The zero-order valence-electron chi connectivity index (χ0n) is 12.5. The molecule has 0 aliphatic heterocycles. The Kier molecular flexibility index (Phi) is 9.80. The Morgan fingerprint density at radius 2 is 1.16 bits per heavy atom. The van der Waals surface area contributed by atoms with Crippen LogP contribution in [0.1, 0.15) is 40.5 Å². The largest absolute Gasteiger partial charge is 0.313 e. The molecule has 0 saturated heterocycles. The fraction of sp³-hybridized carbons (Fsp3) is 0.714. The summed E-state index contributed by atoms with van der Waals surface area (Å²) in [6, 6.07) is 0. The summed E-state index contributed by atoms with van der Waals surface area (Å²) in [7, 11) is 0.